The minimum Gasteiger partial charge on any atom is -0.397 e. The van der Waals surface area contributed by atoms with Crippen molar-refractivity contribution in [3.8, 4) is 0 Å². The molecule has 0 aromatic heterocycles. The third kappa shape index (κ3) is 7.44. The predicted octanol–water partition coefficient (Wildman–Crippen LogP) is 5.40. The number of para-hydroxylation sites is 1. The number of nitrogens with one attached hydrogen (secondary N) is 2. The minimum atomic E-state index is -0.700. The van der Waals surface area contributed by atoms with Crippen LogP contribution in [0.1, 0.15) is 56.1 Å². The Morgan fingerprint density at radius 1 is 0.889 bits per heavy atom. The van der Waals surface area contributed by atoms with Crippen LogP contribution >= 0.6 is 31.9 Å². The number of likely N-dealkylation sites (tertiary alicyclic amines) is 3. The van der Waals surface area contributed by atoms with E-state index in [1.165, 1.54) is 19.3 Å². The average molecular weight is 746 g/mol. The second-order valence-electron chi connectivity index (χ2n) is 12.8. The molecule has 4 N–H and O–H groups in total. The van der Waals surface area contributed by atoms with Crippen LogP contribution in [0.25, 0.3) is 0 Å². The standard InChI is InChI=1S/C33H43Br2N7O3/c34-26-18-22(19-27(35)30(26)36)20-29(31(43)40-14-8-24(9-15-40)39-12-4-1-5-13-39)38-32(44)41-16-10-25(11-17-41)42-21-23-6-2-3-7-28(23)37-33(42)45/h2-3,6-7,18-19,24-25,29H,1,4-5,8-17,20-21,36H2,(H,37,45)(H,38,44)/t29-/m0/s1. The van der Waals surface area contributed by atoms with Crippen molar-refractivity contribution in [3.05, 3.63) is 56.5 Å². The number of piperidine rings is 3. The molecule has 12 heteroatoms. The molecule has 2 aromatic carbocycles. The first-order valence-electron chi connectivity index (χ1n) is 16.2. The number of hydrogen-bond donors (Lipinski definition) is 3. The van der Waals surface area contributed by atoms with Gasteiger partial charge >= 0.3 is 12.1 Å². The SMILES string of the molecule is Nc1c(Br)cc(C[C@H](NC(=O)N2CCC(N3Cc4ccccc4NC3=O)CC2)C(=O)N2CCC(N3CCCCC3)CC2)cc1Br. The molecule has 3 fully saturated rings. The van der Waals surface area contributed by atoms with E-state index in [0.29, 0.717) is 63.7 Å². The van der Waals surface area contributed by atoms with Crippen LogP contribution in [-0.2, 0) is 17.8 Å². The van der Waals surface area contributed by atoms with Gasteiger partial charge in [0.25, 0.3) is 0 Å². The van der Waals surface area contributed by atoms with Crippen LogP contribution in [0.3, 0.4) is 0 Å². The van der Waals surface area contributed by atoms with Gasteiger partial charge in [-0.05, 0) is 113 Å². The highest BCUT2D eigenvalue weighted by Crippen LogP contribution is 2.31. The molecule has 1 atom stereocenters. The number of fused-ring (bicyclic) bond motifs is 1. The maximum Gasteiger partial charge on any atom is 0.322 e. The highest BCUT2D eigenvalue weighted by molar-refractivity contribution is 9.11. The van der Waals surface area contributed by atoms with Crippen molar-refractivity contribution in [3.63, 3.8) is 0 Å². The molecule has 4 aliphatic rings. The number of anilines is 2. The topological polar surface area (TPSA) is 114 Å². The van der Waals surface area contributed by atoms with E-state index in [4.69, 9.17) is 5.73 Å². The summed E-state index contributed by atoms with van der Waals surface area (Å²) in [4.78, 5) is 48.7. The van der Waals surface area contributed by atoms with Crippen LogP contribution in [0.4, 0.5) is 21.0 Å². The monoisotopic (exact) mass is 743 g/mol. The molecule has 242 valence electrons. The average Bonchev–Trinajstić information content (AvgIpc) is 3.06. The number of halogens is 2. The minimum absolute atomic E-state index is 0.0388. The summed E-state index contributed by atoms with van der Waals surface area (Å²) in [5, 5.41) is 6.11. The van der Waals surface area contributed by atoms with E-state index in [1.807, 2.05) is 46.2 Å². The van der Waals surface area contributed by atoms with Crippen LogP contribution in [0.15, 0.2) is 45.3 Å². The van der Waals surface area contributed by atoms with Crippen molar-refractivity contribution in [2.45, 2.75) is 76.0 Å². The van der Waals surface area contributed by atoms with Gasteiger partial charge in [-0.2, -0.15) is 0 Å². The maximum absolute atomic E-state index is 14.0. The second-order valence-corrected chi connectivity index (χ2v) is 14.5. The van der Waals surface area contributed by atoms with Crippen molar-refractivity contribution in [2.24, 2.45) is 0 Å². The van der Waals surface area contributed by atoms with Crippen molar-refractivity contribution in [1.29, 1.82) is 0 Å². The Kier molecular flexibility index (Phi) is 10.2. The fourth-order valence-electron chi connectivity index (χ4n) is 7.28. The largest absolute Gasteiger partial charge is 0.397 e. The van der Waals surface area contributed by atoms with E-state index in [-0.39, 0.29) is 24.0 Å². The first-order valence-corrected chi connectivity index (χ1v) is 17.8. The lowest BCUT2D eigenvalue weighted by Gasteiger charge is -2.42. The van der Waals surface area contributed by atoms with Gasteiger partial charge < -0.3 is 36.0 Å². The van der Waals surface area contributed by atoms with Gasteiger partial charge in [0.15, 0.2) is 0 Å². The summed E-state index contributed by atoms with van der Waals surface area (Å²) >= 11 is 7.05. The normalized spacial score (nSPS) is 20.8. The number of carbonyl (C=O) groups excluding carboxylic acids is 3. The molecule has 45 heavy (non-hydrogen) atoms. The lowest BCUT2D eigenvalue weighted by molar-refractivity contribution is -0.134. The highest BCUT2D eigenvalue weighted by Gasteiger charge is 2.35. The first-order chi connectivity index (χ1) is 21.8. The summed E-state index contributed by atoms with van der Waals surface area (Å²) in [5.41, 5.74) is 9.59. The van der Waals surface area contributed by atoms with E-state index in [2.05, 4.69) is 47.4 Å². The number of carbonyl (C=O) groups is 3. The van der Waals surface area contributed by atoms with Crippen molar-refractivity contribution >= 4 is 61.2 Å². The van der Waals surface area contributed by atoms with E-state index >= 15 is 0 Å². The Bertz CT molecular complexity index is 1380. The van der Waals surface area contributed by atoms with Gasteiger partial charge in [-0.15, -0.1) is 0 Å². The number of urea groups is 2. The number of nitrogens with two attached hydrogens (primary N) is 1. The summed E-state index contributed by atoms with van der Waals surface area (Å²) in [6.07, 6.45) is 7.49. The van der Waals surface area contributed by atoms with Crippen LogP contribution in [0.5, 0.6) is 0 Å². The smallest absolute Gasteiger partial charge is 0.322 e. The number of amides is 5. The summed E-state index contributed by atoms with van der Waals surface area (Å²) < 4.78 is 1.50. The fourth-order valence-corrected chi connectivity index (χ4v) is 8.57. The van der Waals surface area contributed by atoms with Crippen LogP contribution in [-0.4, -0.2) is 95.0 Å². The molecule has 3 saturated heterocycles. The number of nitrogen functional groups attached to an aromatic ring is 1. The fraction of sp³-hybridized carbons (Fsp3) is 0.545. The van der Waals surface area contributed by atoms with Gasteiger partial charge in [-0.1, -0.05) is 24.6 Å². The van der Waals surface area contributed by atoms with E-state index in [1.54, 1.807) is 4.90 Å². The molecule has 0 saturated carbocycles. The Balaban J connectivity index is 1.09. The lowest BCUT2D eigenvalue weighted by atomic mass is 9.98. The predicted molar refractivity (Wildman–Crippen MR) is 183 cm³/mol. The molecule has 0 bridgehead atoms. The molecule has 10 nitrogen and oxygen atoms in total. The van der Waals surface area contributed by atoms with Crippen LogP contribution in [0, 0.1) is 0 Å². The van der Waals surface area contributed by atoms with Crippen LogP contribution in [0.2, 0.25) is 0 Å². The third-order valence-corrected chi connectivity index (χ3v) is 11.2. The molecule has 0 spiro atoms. The lowest BCUT2D eigenvalue weighted by Crippen LogP contribution is -2.57. The molecule has 6 rings (SSSR count). The summed E-state index contributed by atoms with van der Waals surface area (Å²) in [5.74, 6) is -0.0388. The Morgan fingerprint density at radius 2 is 1.51 bits per heavy atom. The Hall–Kier alpha value is -2.83. The molecule has 4 heterocycles. The van der Waals surface area contributed by atoms with Gasteiger partial charge in [0, 0.05) is 65.9 Å². The van der Waals surface area contributed by atoms with Crippen LogP contribution < -0.4 is 16.4 Å². The molecular weight excluding hydrogens is 702 g/mol. The Morgan fingerprint density at radius 3 is 2.20 bits per heavy atom. The number of benzene rings is 2. The zero-order valence-corrected chi connectivity index (χ0v) is 28.8. The maximum atomic E-state index is 14.0. The summed E-state index contributed by atoms with van der Waals surface area (Å²) in [6, 6.07) is 11.3. The van der Waals surface area contributed by atoms with Gasteiger partial charge in [0.1, 0.15) is 6.04 Å². The van der Waals surface area contributed by atoms with Gasteiger partial charge in [0.2, 0.25) is 5.91 Å². The van der Waals surface area contributed by atoms with Gasteiger partial charge in [-0.3, -0.25) is 4.79 Å². The molecular formula is C33H43Br2N7O3. The summed E-state index contributed by atoms with van der Waals surface area (Å²) in [7, 11) is 0. The van der Waals surface area contributed by atoms with Crippen molar-refractivity contribution in [2.75, 3.05) is 50.3 Å². The number of nitrogens with zero attached hydrogens (tertiary/aromatic N) is 4. The molecule has 2 aromatic rings. The van der Waals surface area contributed by atoms with E-state index in [9.17, 15) is 14.4 Å². The molecule has 0 radical (unpaired) electrons. The quantitative estimate of drug-likeness (QED) is 0.343. The summed E-state index contributed by atoms with van der Waals surface area (Å²) in [6.45, 7) is 5.32. The van der Waals surface area contributed by atoms with E-state index in [0.717, 1.165) is 51.7 Å². The van der Waals surface area contributed by atoms with Crippen molar-refractivity contribution < 1.29 is 14.4 Å². The van der Waals surface area contributed by atoms with Gasteiger partial charge in [-0.25, -0.2) is 9.59 Å². The second kappa shape index (κ2) is 14.3. The highest BCUT2D eigenvalue weighted by atomic mass is 79.9. The molecule has 0 aliphatic carbocycles. The first kappa shape index (κ1) is 32.1. The van der Waals surface area contributed by atoms with Crippen molar-refractivity contribution in [1.82, 2.24) is 24.9 Å². The number of hydrogen-bond acceptors (Lipinski definition) is 5. The molecule has 5 amide bonds. The zero-order valence-electron chi connectivity index (χ0n) is 25.6. The van der Waals surface area contributed by atoms with E-state index < -0.39 is 6.04 Å². The Labute approximate surface area is 282 Å². The third-order valence-electron chi connectivity index (χ3n) is 9.91. The molecule has 4 aliphatic heterocycles. The van der Waals surface area contributed by atoms with Gasteiger partial charge in [0.05, 0.1) is 5.69 Å². The molecule has 0 unspecified atom stereocenters. The number of rotatable bonds is 6. The zero-order chi connectivity index (χ0) is 31.5.